The summed E-state index contributed by atoms with van der Waals surface area (Å²) in [6.07, 6.45) is 1.59. The average Bonchev–Trinajstić information content (AvgIpc) is 3.31. The average molecular weight is 514 g/mol. The lowest BCUT2D eigenvalue weighted by Gasteiger charge is -2.19. The van der Waals surface area contributed by atoms with Crippen molar-refractivity contribution in [2.45, 2.75) is 44.8 Å². The van der Waals surface area contributed by atoms with Gasteiger partial charge in [-0.25, -0.2) is 5.43 Å². The first-order valence-corrected chi connectivity index (χ1v) is 13.1. The molecule has 0 bridgehead atoms. The Labute approximate surface area is 222 Å². The van der Waals surface area contributed by atoms with Crippen molar-refractivity contribution in [1.82, 2.24) is 20.2 Å². The topological polar surface area (TPSA) is 81.4 Å². The molecule has 1 heterocycles. The number of hydrazone groups is 1. The standard InChI is InChI=1S/C29H31N5O2S/c1-5-34-27(22-14-16-23(17-15-22)29(2,3)4)32-33-28(34)37-20-26(35)31-30-19-21-10-9-13-25(18-21)36-24-11-7-6-8-12-24/h6-19H,5,20H2,1-4H3,(H,31,35)/b30-19-. The molecule has 4 rings (SSSR count). The zero-order valence-corrected chi connectivity index (χ0v) is 22.3. The molecule has 1 amide bonds. The first-order chi connectivity index (χ1) is 17.8. The molecule has 7 nitrogen and oxygen atoms in total. The molecule has 0 atom stereocenters. The van der Waals surface area contributed by atoms with Gasteiger partial charge < -0.3 is 9.30 Å². The highest BCUT2D eigenvalue weighted by Gasteiger charge is 2.17. The number of aromatic nitrogens is 3. The molecule has 1 aromatic heterocycles. The number of para-hydroxylation sites is 1. The molecule has 8 heteroatoms. The predicted molar refractivity (Wildman–Crippen MR) is 149 cm³/mol. The zero-order chi connectivity index (χ0) is 26.3. The van der Waals surface area contributed by atoms with Crippen LogP contribution in [0, 0.1) is 0 Å². The molecule has 0 radical (unpaired) electrons. The third-order valence-electron chi connectivity index (χ3n) is 5.61. The van der Waals surface area contributed by atoms with Gasteiger partial charge in [-0.05, 0) is 47.7 Å². The van der Waals surface area contributed by atoms with Crippen molar-refractivity contribution in [2.75, 3.05) is 5.75 Å². The van der Waals surface area contributed by atoms with Crippen LogP contribution in [0.25, 0.3) is 11.4 Å². The zero-order valence-electron chi connectivity index (χ0n) is 21.5. The second kappa shape index (κ2) is 11.9. The van der Waals surface area contributed by atoms with E-state index in [2.05, 4.69) is 65.8 Å². The van der Waals surface area contributed by atoms with Crippen LogP contribution < -0.4 is 10.2 Å². The summed E-state index contributed by atoms with van der Waals surface area (Å²) in [5.74, 6) is 2.20. The highest BCUT2D eigenvalue weighted by Crippen LogP contribution is 2.27. The maximum atomic E-state index is 12.4. The lowest BCUT2D eigenvalue weighted by atomic mass is 9.87. The van der Waals surface area contributed by atoms with Gasteiger partial charge in [-0.3, -0.25) is 4.79 Å². The van der Waals surface area contributed by atoms with Crippen molar-refractivity contribution in [3.05, 3.63) is 90.0 Å². The molecule has 0 unspecified atom stereocenters. The van der Waals surface area contributed by atoms with Crippen molar-refractivity contribution in [3.8, 4) is 22.9 Å². The van der Waals surface area contributed by atoms with Gasteiger partial charge in [-0.1, -0.05) is 87.1 Å². The SMILES string of the molecule is CCn1c(SCC(=O)N/N=C\c2cccc(Oc3ccccc3)c2)nnc1-c1ccc(C(C)(C)C)cc1. The number of benzene rings is 3. The van der Waals surface area contributed by atoms with E-state index < -0.39 is 0 Å². The van der Waals surface area contributed by atoms with E-state index in [1.807, 2.05) is 66.1 Å². The monoisotopic (exact) mass is 513 g/mol. The predicted octanol–water partition coefficient (Wildman–Crippen LogP) is 6.30. The third-order valence-corrected chi connectivity index (χ3v) is 6.58. The number of carbonyl (C=O) groups excluding carboxylic acids is 1. The van der Waals surface area contributed by atoms with Gasteiger partial charge in [0, 0.05) is 12.1 Å². The molecule has 37 heavy (non-hydrogen) atoms. The van der Waals surface area contributed by atoms with E-state index in [9.17, 15) is 4.79 Å². The third kappa shape index (κ3) is 7.07. The summed E-state index contributed by atoms with van der Waals surface area (Å²) >= 11 is 1.34. The molecule has 4 aromatic rings. The number of thioether (sulfide) groups is 1. The van der Waals surface area contributed by atoms with Gasteiger partial charge in [-0.15, -0.1) is 10.2 Å². The smallest absolute Gasteiger partial charge is 0.250 e. The van der Waals surface area contributed by atoms with Crippen molar-refractivity contribution >= 4 is 23.9 Å². The number of hydrogen-bond donors (Lipinski definition) is 1. The van der Waals surface area contributed by atoms with Gasteiger partial charge in [0.25, 0.3) is 5.91 Å². The summed E-state index contributed by atoms with van der Waals surface area (Å²) in [5, 5.41) is 13.5. The molecule has 0 saturated carbocycles. The van der Waals surface area contributed by atoms with E-state index in [1.165, 1.54) is 17.3 Å². The Morgan fingerprint density at radius 1 is 1.00 bits per heavy atom. The molecule has 0 aliphatic rings. The molecule has 0 spiro atoms. The van der Waals surface area contributed by atoms with Gasteiger partial charge in [0.1, 0.15) is 11.5 Å². The summed E-state index contributed by atoms with van der Waals surface area (Å²) in [6, 6.07) is 25.5. The number of carbonyl (C=O) groups is 1. The minimum Gasteiger partial charge on any atom is -0.457 e. The van der Waals surface area contributed by atoms with Crippen LogP contribution in [0.15, 0.2) is 89.1 Å². The molecule has 0 aliphatic heterocycles. The molecular weight excluding hydrogens is 482 g/mol. The molecule has 3 aromatic carbocycles. The van der Waals surface area contributed by atoms with Crippen LogP contribution in [-0.2, 0) is 16.8 Å². The summed E-state index contributed by atoms with van der Waals surface area (Å²) in [4.78, 5) is 12.4. The highest BCUT2D eigenvalue weighted by atomic mass is 32.2. The molecule has 0 aliphatic carbocycles. The molecule has 1 N–H and O–H groups in total. The quantitative estimate of drug-likeness (QED) is 0.161. The van der Waals surface area contributed by atoms with Crippen LogP contribution in [0.5, 0.6) is 11.5 Å². The Morgan fingerprint density at radius 2 is 1.73 bits per heavy atom. The second-order valence-electron chi connectivity index (χ2n) is 9.45. The second-order valence-corrected chi connectivity index (χ2v) is 10.4. The minimum absolute atomic E-state index is 0.0898. The summed E-state index contributed by atoms with van der Waals surface area (Å²) in [7, 11) is 0. The van der Waals surface area contributed by atoms with E-state index in [-0.39, 0.29) is 17.1 Å². The number of hydrogen-bond acceptors (Lipinski definition) is 6. The normalized spacial score (nSPS) is 11.6. The van der Waals surface area contributed by atoms with E-state index in [0.717, 1.165) is 22.7 Å². The first kappa shape index (κ1) is 26.2. The Morgan fingerprint density at radius 3 is 2.43 bits per heavy atom. The molecular formula is C29H31N5O2S. The van der Waals surface area contributed by atoms with E-state index in [4.69, 9.17) is 4.74 Å². The van der Waals surface area contributed by atoms with Gasteiger partial charge in [-0.2, -0.15) is 5.10 Å². The van der Waals surface area contributed by atoms with Crippen LogP contribution in [0.1, 0.15) is 38.8 Å². The van der Waals surface area contributed by atoms with E-state index >= 15 is 0 Å². The Bertz CT molecular complexity index is 1360. The summed E-state index contributed by atoms with van der Waals surface area (Å²) < 4.78 is 7.86. The van der Waals surface area contributed by atoms with Gasteiger partial charge in [0.15, 0.2) is 11.0 Å². The van der Waals surface area contributed by atoms with E-state index in [1.54, 1.807) is 6.21 Å². The van der Waals surface area contributed by atoms with Crippen molar-refractivity contribution in [3.63, 3.8) is 0 Å². The van der Waals surface area contributed by atoms with Crippen LogP contribution in [0.3, 0.4) is 0 Å². The first-order valence-electron chi connectivity index (χ1n) is 12.2. The lowest BCUT2D eigenvalue weighted by Crippen LogP contribution is -2.20. The Balaban J connectivity index is 1.33. The van der Waals surface area contributed by atoms with Crippen molar-refractivity contribution in [1.29, 1.82) is 0 Å². The van der Waals surface area contributed by atoms with Crippen molar-refractivity contribution < 1.29 is 9.53 Å². The largest absolute Gasteiger partial charge is 0.457 e. The van der Waals surface area contributed by atoms with Gasteiger partial charge >= 0.3 is 0 Å². The summed E-state index contributed by atoms with van der Waals surface area (Å²) in [5.41, 5.74) is 5.75. The summed E-state index contributed by atoms with van der Waals surface area (Å²) in [6.45, 7) is 9.32. The Kier molecular flexibility index (Phi) is 8.40. The number of nitrogens with one attached hydrogen (secondary N) is 1. The lowest BCUT2D eigenvalue weighted by molar-refractivity contribution is -0.118. The van der Waals surface area contributed by atoms with Crippen LogP contribution >= 0.6 is 11.8 Å². The van der Waals surface area contributed by atoms with Crippen molar-refractivity contribution in [2.24, 2.45) is 5.10 Å². The highest BCUT2D eigenvalue weighted by molar-refractivity contribution is 7.99. The van der Waals surface area contributed by atoms with Gasteiger partial charge in [0.05, 0.1) is 12.0 Å². The van der Waals surface area contributed by atoms with Crippen LogP contribution in [0.2, 0.25) is 0 Å². The fraction of sp³-hybridized carbons (Fsp3) is 0.241. The molecule has 0 fully saturated rings. The van der Waals surface area contributed by atoms with Crippen LogP contribution in [-0.4, -0.2) is 32.6 Å². The van der Waals surface area contributed by atoms with E-state index in [0.29, 0.717) is 17.5 Å². The molecule has 190 valence electrons. The maximum absolute atomic E-state index is 12.4. The minimum atomic E-state index is -0.223. The maximum Gasteiger partial charge on any atom is 0.250 e. The fourth-order valence-electron chi connectivity index (χ4n) is 3.64. The number of amides is 1. The number of ether oxygens (including phenoxy) is 1. The number of nitrogens with zero attached hydrogens (tertiary/aromatic N) is 4. The number of rotatable bonds is 9. The van der Waals surface area contributed by atoms with Gasteiger partial charge in [0.2, 0.25) is 0 Å². The Hall–Kier alpha value is -3.91. The molecule has 0 saturated heterocycles. The fourth-order valence-corrected chi connectivity index (χ4v) is 4.43. The van der Waals surface area contributed by atoms with Crippen LogP contribution in [0.4, 0.5) is 0 Å².